The van der Waals surface area contributed by atoms with Crippen molar-refractivity contribution in [1.82, 2.24) is 0 Å². The number of rotatable bonds is 11. The average Bonchev–Trinajstić information content (AvgIpc) is 3.56. The van der Waals surface area contributed by atoms with E-state index in [0.29, 0.717) is 0 Å². The van der Waals surface area contributed by atoms with Gasteiger partial charge >= 0.3 is 5.97 Å². The van der Waals surface area contributed by atoms with E-state index < -0.39 is 73.6 Å². The maximum Gasteiger partial charge on any atom is 0.303 e. The highest BCUT2D eigenvalue weighted by Gasteiger charge is 2.57. The van der Waals surface area contributed by atoms with Gasteiger partial charge in [0.1, 0.15) is 48.8 Å². The van der Waals surface area contributed by atoms with Gasteiger partial charge in [-0.2, -0.15) is 0 Å². The van der Waals surface area contributed by atoms with Crippen LogP contribution in [0, 0.1) is 0 Å². The molecule has 0 N–H and O–H groups in total. The van der Waals surface area contributed by atoms with Gasteiger partial charge < -0.3 is 42.6 Å². The smallest absolute Gasteiger partial charge is 0.303 e. The molecule has 11 atom stereocenters. The molecule has 0 saturated carbocycles. The van der Waals surface area contributed by atoms with E-state index in [4.69, 9.17) is 42.6 Å². The Morgan fingerprint density at radius 1 is 0.771 bits per heavy atom. The molecule has 3 aromatic carbocycles. The molecule has 48 heavy (non-hydrogen) atoms. The lowest BCUT2D eigenvalue weighted by atomic mass is 9.95. The number of benzene rings is 3. The summed E-state index contributed by atoms with van der Waals surface area (Å²) < 4.78 is 56.8. The van der Waals surface area contributed by atoms with E-state index in [-0.39, 0.29) is 26.4 Å². The van der Waals surface area contributed by atoms with Crippen LogP contribution >= 0.6 is 0 Å². The van der Waals surface area contributed by atoms with Gasteiger partial charge in [0.05, 0.1) is 26.4 Å². The van der Waals surface area contributed by atoms with Gasteiger partial charge in [-0.05, 0) is 16.7 Å². The minimum atomic E-state index is -1.06. The molecule has 0 amide bonds. The first-order chi connectivity index (χ1) is 23.6. The number of azide groups is 1. The number of nitrogens with zero attached hydrogens (tertiary/aromatic N) is 3. The molecule has 4 aliphatic heterocycles. The first-order valence-electron chi connectivity index (χ1n) is 16.0. The van der Waals surface area contributed by atoms with Crippen molar-refractivity contribution < 1.29 is 47.4 Å². The Kier molecular flexibility index (Phi) is 10.3. The van der Waals surface area contributed by atoms with Crippen molar-refractivity contribution in [2.75, 3.05) is 13.2 Å². The molecule has 0 aromatic heterocycles. The topological polar surface area (TPSA) is 149 Å². The molecule has 7 rings (SSSR count). The fourth-order valence-corrected chi connectivity index (χ4v) is 6.52. The minimum Gasteiger partial charge on any atom is -0.459 e. The molecule has 13 nitrogen and oxygen atoms in total. The van der Waals surface area contributed by atoms with Gasteiger partial charge in [-0.25, -0.2) is 0 Å². The first kappa shape index (κ1) is 32.7. The van der Waals surface area contributed by atoms with Crippen molar-refractivity contribution >= 4 is 5.97 Å². The predicted octanol–water partition coefficient (Wildman–Crippen LogP) is 4.75. The lowest BCUT2D eigenvalue weighted by Gasteiger charge is -2.50. The summed E-state index contributed by atoms with van der Waals surface area (Å²) in [4.78, 5) is 15.2. The van der Waals surface area contributed by atoms with E-state index >= 15 is 0 Å². The van der Waals surface area contributed by atoms with Crippen LogP contribution in [-0.4, -0.2) is 80.5 Å². The zero-order valence-corrected chi connectivity index (χ0v) is 26.3. The van der Waals surface area contributed by atoms with Gasteiger partial charge in [0, 0.05) is 17.4 Å². The molecule has 13 heteroatoms. The fourth-order valence-electron chi connectivity index (χ4n) is 6.52. The second kappa shape index (κ2) is 15.1. The number of esters is 1. The quantitative estimate of drug-likeness (QED) is 0.122. The summed E-state index contributed by atoms with van der Waals surface area (Å²) in [6.45, 7) is 2.10. The third-order valence-electron chi connectivity index (χ3n) is 8.74. The van der Waals surface area contributed by atoms with Crippen LogP contribution in [0.25, 0.3) is 10.4 Å². The molecular weight excluding hydrogens is 622 g/mol. The highest BCUT2D eigenvalue weighted by molar-refractivity contribution is 5.66. The molecule has 252 valence electrons. The summed E-state index contributed by atoms with van der Waals surface area (Å²) in [5, 5.41) is 3.85. The summed E-state index contributed by atoms with van der Waals surface area (Å²) in [6.07, 6.45) is -7.89. The van der Waals surface area contributed by atoms with Crippen LogP contribution in [0.2, 0.25) is 0 Å². The number of fused-ring (bicyclic) bond motifs is 3. The highest BCUT2D eigenvalue weighted by Crippen LogP contribution is 2.40. The minimum absolute atomic E-state index is 0.137. The Hall–Kier alpha value is -3.88. The molecule has 4 heterocycles. The van der Waals surface area contributed by atoms with Crippen molar-refractivity contribution in [3.05, 3.63) is 118 Å². The van der Waals surface area contributed by atoms with Crippen LogP contribution in [-0.2, 0) is 60.6 Å². The van der Waals surface area contributed by atoms with E-state index in [2.05, 4.69) is 10.0 Å². The van der Waals surface area contributed by atoms with Gasteiger partial charge in [-0.3, -0.25) is 4.79 Å². The molecule has 4 saturated heterocycles. The van der Waals surface area contributed by atoms with E-state index in [1.165, 1.54) is 6.92 Å². The van der Waals surface area contributed by atoms with Crippen molar-refractivity contribution in [3.63, 3.8) is 0 Å². The molecule has 4 fully saturated rings. The van der Waals surface area contributed by atoms with E-state index in [1.54, 1.807) is 0 Å². The maximum atomic E-state index is 12.3. The van der Waals surface area contributed by atoms with Crippen molar-refractivity contribution in [2.24, 2.45) is 5.11 Å². The van der Waals surface area contributed by atoms with Crippen LogP contribution in [0.4, 0.5) is 0 Å². The van der Waals surface area contributed by atoms with Crippen LogP contribution in [0.3, 0.4) is 0 Å². The molecular formula is C35H37N3O10. The maximum absolute atomic E-state index is 12.3. The van der Waals surface area contributed by atoms with Gasteiger partial charge in [0.15, 0.2) is 18.9 Å². The van der Waals surface area contributed by atoms with Gasteiger partial charge in [-0.15, -0.1) is 0 Å². The number of ether oxygens (including phenoxy) is 9. The molecule has 1 unspecified atom stereocenters. The Morgan fingerprint density at radius 2 is 1.40 bits per heavy atom. The van der Waals surface area contributed by atoms with Crippen LogP contribution in [0.5, 0.6) is 0 Å². The van der Waals surface area contributed by atoms with E-state index in [1.807, 2.05) is 91.0 Å². The summed E-state index contributed by atoms with van der Waals surface area (Å²) in [5.74, 6) is -0.570. The third kappa shape index (κ3) is 7.25. The Bertz CT molecular complexity index is 1550. The molecule has 0 radical (unpaired) electrons. The van der Waals surface area contributed by atoms with Crippen molar-refractivity contribution in [2.45, 2.75) is 87.8 Å². The average molecular weight is 660 g/mol. The number of hydrogen-bond donors (Lipinski definition) is 0. The lowest BCUT2D eigenvalue weighted by molar-refractivity contribution is -0.384. The highest BCUT2D eigenvalue weighted by atomic mass is 16.8. The van der Waals surface area contributed by atoms with Crippen LogP contribution in [0.1, 0.15) is 29.9 Å². The normalized spacial score (nSPS) is 34.1. The van der Waals surface area contributed by atoms with Gasteiger partial charge in [0.2, 0.25) is 0 Å². The monoisotopic (exact) mass is 659 g/mol. The standard InChI is InChI=1S/C35H37N3O10/c1-21(39)44-30-27(37-38-36)34-43-20-25(45-34)28(30)48-35-32(41-18-23-13-7-3-8-14-23)31(40-17-22-11-5-2-6-12-22)29-26(46-35)19-42-33(47-29)24-15-9-4-10-16-24/h2-16,25-35H,17-20H2,1H3/t25-,26-,27-,28-,29-,30-,31+,32-,33?,34-,35+/m1/s1. The zero-order chi connectivity index (χ0) is 32.9. The van der Waals surface area contributed by atoms with Gasteiger partial charge in [-0.1, -0.05) is 96.1 Å². The third-order valence-corrected chi connectivity index (χ3v) is 8.74. The summed E-state index contributed by atoms with van der Waals surface area (Å²) in [6, 6.07) is 28.2. The fraction of sp³-hybridized carbons (Fsp3) is 0.457. The number of carbonyl (C=O) groups excluding carboxylic acids is 1. The number of hydrogen-bond acceptors (Lipinski definition) is 11. The van der Waals surface area contributed by atoms with Crippen LogP contribution < -0.4 is 0 Å². The summed E-state index contributed by atoms with van der Waals surface area (Å²) in [7, 11) is 0. The Labute approximate surface area is 277 Å². The predicted molar refractivity (Wildman–Crippen MR) is 167 cm³/mol. The molecule has 4 aliphatic rings. The summed E-state index contributed by atoms with van der Waals surface area (Å²) >= 11 is 0. The largest absolute Gasteiger partial charge is 0.459 e. The zero-order valence-electron chi connectivity index (χ0n) is 26.3. The number of carbonyl (C=O) groups is 1. The van der Waals surface area contributed by atoms with Crippen molar-refractivity contribution in [1.29, 1.82) is 0 Å². The first-order valence-corrected chi connectivity index (χ1v) is 16.0. The second-order valence-corrected chi connectivity index (χ2v) is 12.0. The molecule has 3 aromatic rings. The Morgan fingerprint density at radius 3 is 2.04 bits per heavy atom. The molecule has 0 spiro atoms. The summed E-state index contributed by atoms with van der Waals surface area (Å²) in [5.41, 5.74) is 12.1. The van der Waals surface area contributed by atoms with E-state index in [0.717, 1.165) is 16.7 Å². The lowest BCUT2D eigenvalue weighted by Crippen LogP contribution is -2.65. The second-order valence-electron chi connectivity index (χ2n) is 12.0. The molecule has 2 bridgehead atoms. The van der Waals surface area contributed by atoms with Crippen molar-refractivity contribution in [3.8, 4) is 0 Å². The van der Waals surface area contributed by atoms with E-state index in [9.17, 15) is 10.3 Å². The van der Waals surface area contributed by atoms with Crippen LogP contribution in [0.15, 0.2) is 96.1 Å². The SMILES string of the molecule is CC(=O)O[C@@H]1[C@@H](N=[N+]=[N-])[C@@H]2OC[C@@H](O2)[C@H]1O[C@@H]1O[C@@H]2COC(c3ccccc3)O[C@H]2[C@H](OCc2ccccc2)[C@H]1OCc1ccccc1. The molecule has 0 aliphatic carbocycles. The Balaban J connectivity index is 1.22. The van der Waals surface area contributed by atoms with Gasteiger partial charge in [0.25, 0.3) is 0 Å².